The molecule has 3 nitrogen and oxygen atoms in total. The largest absolute Gasteiger partial charge is 0.461 e. The lowest BCUT2D eigenvalue weighted by Gasteiger charge is -2.23. The first-order chi connectivity index (χ1) is 6.24. The van der Waals surface area contributed by atoms with E-state index in [1.807, 2.05) is 0 Å². The molecule has 1 N–H and O–H groups in total. The number of hydrogen-bond acceptors (Lipinski definition) is 3. The second kappa shape index (κ2) is 5.02. The van der Waals surface area contributed by atoms with Crippen LogP contribution >= 0.6 is 0 Å². The van der Waals surface area contributed by atoms with E-state index in [0.29, 0.717) is 6.42 Å². The predicted molar refractivity (Wildman–Crippen MR) is 49.1 cm³/mol. The zero-order valence-electron chi connectivity index (χ0n) is 7.74. The molecule has 2 unspecified atom stereocenters. The number of aliphatic hydroxyl groups is 1. The fourth-order valence-corrected chi connectivity index (χ4v) is 1.64. The Hall–Kier alpha value is -0.830. The molecule has 13 heavy (non-hydrogen) atoms. The molecule has 1 aliphatic rings. The SMILES string of the molecule is C=CCOC(=O)C1CCCC(O)C1. The number of aliphatic hydroxyl groups excluding tert-OH is 1. The van der Waals surface area contributed by atoms with Crippen molar-refractivity contribution >= 4 is 5.97 Å². The molecule has 0 aromatic carbocycles. The quantitative estimate of drug-likeness (QED) is 0.530. The summed E-state index contributed by atoms with van der Waals surface area (Å²) in [7, 11) is 0. The van der Waals surface area contributed by atoms with Crippen LogP contribution in [0.1, 0.15) is 25.7 Å². The van der Waals surface area contributed by atoms with Crippen LogP contribution < -0.4 is 0 Å². The van der Waals surface area contributed by atoms with Crippen molar-refractivity contribution in [2.45, 2.75) is 31.8 Å². The molecule has 0 spiro atoms. The van der Waals surface area contributed by atoms with Crippen LogP contribution in [0.15, 0.2) is 12.7 Å². The zero-order valence-corrected chi connectivity index (χ0v) is 7.74. The summed E-state index contributed by atoms with van der Waals surface area (Å²) in [6.45, 7) is 3.74. The Morgan fingerprint density at radius 2 is 2.38 bits per heavy atom. The third kappa shape index (κ3) is 3.19. The maximum absolute atomic E-state index is 11.3. The van der Waals surface area contributed by atoms with E-state index >= 15 is 0 Å². The summed E-state index contributed by atoms with van der Waals surface area (Å²) in [6.07, 6.45) is 4.34. The highest BCUT2D eigenvalue weighted by molar-refractivity contribution is 5.72. The summed E-state index contributed by atoms with van der Waals surface area (Å²) >= 11 is 0. The van der Waals surface area contributed by atoms with Gasteiger partial charge >= 0.3 is 5.97 Å². The highest BCUT2D eigenvalue weighted by Crippen LogP contribution is 2.25. The first kappa shape index (κ1) is 10.3. The van der Waals surface area contributed by atoms with Crippen molar-refractivity contribution in [2.24, 2.45) is 5.92 Å². The van der Waals surface area contributed by atoms with Gasteiger partial charge in [-0.25, -0.2) is 0 Å². The Bertz CT molecular complexity index is 189. The highest BCUT2D eigenvalue weighted by atomic mass is 16.5. The van der Waals surface area contributed by atoms with Crippen LogP contribution in [0.5, 0.6) is 0 Å². The smallest absolute Gasteiger partial charge is 0.309 e. The summed E-state index contributed by atoms with van der Waals surface area (Å²) < 4.78 is 4.91. The maximum atomic E-state index is 11.3. The normalized spacial score (nSPS) is 28.1. The van der Waals surface area contributed by atoms with E-state index in [-0.39, 0.29) is 24.6 Å². The van der Waals surface area contributed by atoms with Gasteiger partial charge in [-0.3, -0.25) is 4.79 Å². The van der Waals surface area contributed by atoms with Gasteiger partial charge in [0, 0.05) is 0 Å². The minimum atomic E-state index is -0.324. The molecule has 74 valence electrons. The zero-order chi connectivity index (χ0) is 9.68. The first-order valence-electron chi connectivity index (χ1n) is 4.69. The second-order valence-electron chi connectivity index (χ2n) is 3.44. The fourth-order valence-electron chi connectivity index (χ4n) is 1.64. The Kier molecular flexibility index (Phi) is 3.96. The van der Waals surface area contributed by atoms with Crippen LogP contribution in [0.4, 0.5) is 0 Å². The molecule has 0 heterocycles. The average Bonchev–Trinajstić information content (AvgIpc) is 2.14. The van der Waals surface area contributed by atoms with Gasteiger partial charge in [-0.1, -0.05) is 19.1 Å². The predicted octanol–water partition coefficient (Wildman–Crippen LogP) is 1.27. The van der Waals surface area contributed by atoms with Gasteiger partial charge in [0.1, 0.15) is 6.61 Å². The molecule has 0 aliphatic heterocycles. The van der Waals surface area contributed by atoms with Crippen LogP contribution in [0.2, 0.25) is 0 Å². The lowest BCUT2D eigenvalue weighted by molar-refractivity contribution is -0.149. The molecule has 1 fully saturated rings. The molecule has 0 aromatic rings. The molecule has 0 radical (unpaired) electrons. The van der Waals surface area contributed by atoms with E-state index in [4.69, 9.17) is 4.74 Å². The molecular formula is C10H16O3. The average molecular weight is 184 g/mol. The van der Waals surface area contributed by atoms with Crippen molar-refractivity contribution in [3.05, 3.63) is 12.7 Å². The number of carbonyl (C=O) groups excluding carboxylic acids is 1. The van der Waals surface area contributed by atoms with Gasteiger partial charge in [-0.15, -0.1) is 0 Å². The summed E-state index contributed by atoms with van der Waals surface area (Å²) in [5.41, 5.74) is 0. The standard InChI is InChI=1S/C10H16O3/c1-2-6-13-10(12)8-4-3-5-9(11)7-8/h2,8-9,11H,1,3-7H2. The lowest BCUT2D eigenvalue weighted by Crippen LogP contribution is -2.27. The molecule has 1 saturated carbocycles. The minimum absolute atomic E-state index is 0.108. The van der Waals surface area contributed by atoms with Crippen LogP contribution in [0.25, 0.3) is 0 Å². The van der Waals surface area contributed by atoms with E-state index in [0.717, 1.165) is 19.3 Å². The summed E-state index contributed by atoms with van der Waals surface area (Å²) in [6, 6.07) is 0. The molecule has 0 aromatic heterocycles. The van der Waals surface area contributed by atoms with Gasteiger partial charge in [0.2, 0.25) is 0 Å². The van der Waals surface area contributed by atoms with Gasteiger partial charge in [-0.05, 0) is 19.3 Å². The Morgan fingerprint density at radius 1 is 1.62 bits per heavy atom. The highest BCUT2D eigenvalue weighted by Gasteiger charge is 2.26. The summed E-state index contributed by atoms with van der Waals surface area (Å²) in [4.78, 5) is 11.3. The van der Waals surface area contributed by atoms with E-state index < -0.39 is 0 Å². The van der Waals surface area contributed by atoms with Gasteiger partial charge < -0.3 is 9.84 Å². The van der Waals surface area contributed by atoms with Gasteiger partial charge in [0.25, 0.3) is 0 Å². The molecule has 0 amide bonds. The third-order valence-electron chi connectivity index (χ3n) is 2.32. The first-order valence-corrected chi connectivity index (χ1v) is 4.69. The Labute approximate surface area is 78.4 Å². The molecule has 1 aliphatic carbocycles. The number of carbonyl (C=O) groups is 1. The lowest BCUT2D eigenvalue weighted by atomic mass is 9.87. The molecule has 0 bridgehead atoms. The Morgan fingerprint density at radius 3 is 3.00 bits per heavy atom. The number of ether oxygens (including phenoxy) is 1. The molecule has 2 atom stereocenters. The van der Waals surface area contributed by atoms with E-state index in [1.54, 1.807) is 6.08 Å². The van der Waals surface area contributed by atoms with Crippen molar-refractivity contribution < 1.29 is 14.6 Å². The maximum Gasteiger partial charge on any atom is 0.309 e. The van der Waals surface area contributed by atoms with Gasteiger partial charge in [0.15, 0.2) is 0 Å². The third-order valence-corrected chi connectivity index (χ3v) is 2.32. The Balaban J connectivity index is 2.32. The minimum Gasteiger partial charge on any atom is -0.461 e. The van der Waals surface area contributed by atoms with Crippen molar-refractivity contribution in [3.8, 4) is 0 Å². The monoisotopic (exact) mass is 184 g/mol. The number of rotatable bonds is 3. The van der Waals surface area contributed by atoms with Crippen molar-refractivity contribution in [3.63, 3.8) is 0 Å². The van der Waals surface area contributed by atoms with Crippen LogP contribution in [0.3, 0.4) is 0 Å². The van der Waals surface area contributed by atoms with E-state index in [1.165, 1.54) is 0 Å². The fraction of sp³-hybridized carbons (Fsp3) is 0.700. The van der Waals surface area contributed by atoms with Crippen LogP contribution in [-0.4, -0.2) is 23.8 Å². The summed E-state index contributed by atoms with van der Waals surface area (Å²) in [5.74, 6) is -0.303. The summed E-state index contributed by atoms with van der Waals surface area (Å²) in [5, 5.41) is 9.33. The topological polar surface area (TPSA) is 46.5 Å². The van der Waals surface area contributed by atoms with Crippen molar-refractivity contribution in [1.29, 1.82) is 0 Å². The number of hydrogen-bond donors (Lipinski definition) is 1. The van der Waals surface area contributed by atoms with Gasteiger partial charge in [0.05, 0.1) is 12.0 Å². The van der Waals surface area contributed by atoms with Crippen LogP contribution in [0, 0.1) is 5.92 Å². The van der Waals surface area contributed by atoms with Gasteiger partial charge in [-0.2, -0.15) is 0 Å². The molecule has 3 heteroatoms. The number of esters is 1. The molecular weight excluding hydrogens is 168 g/mol. The molecule has 1 rings (SSSR count). The van der Waals surface area contributed by atoms with E-state index in [2.05, 4.69) is 6.58 Å². The van der Waals surface area contributed by atoms with E-state index in [9.17, 15) is 9.90 Å². The van der Waals surface area contributed by atoms with Crippen molar-refractivity contribution in [2.75, 3.05) is 6.61 Å². The molecule has 0 saturated heterocycles. The second-order valence-corrected chi connectivity index (χ2v) is 3.44. The van der Waals surface area contributed by atoms with Crippen molar-refractivity contribution in [1.82, 2.24) is 0 Å². The van der Waals surface area contributed by atoms with Crippen LogP contribution in [-0.2, 0) is 9.53 Å².